The minimum Gasteiger partial charge on any atom is -0.481 e. The molecule has 4 rings (SSSR count). The number of amides is 1. The maximum atomic E-state index is 13.3. The first-order valence-corrected chi connectivity index (χ1v) is 8.56. The fourth-order valence-electron chi connectivity index (χ4n) is 3.53. The van der Waals surface area contributed by atoms with Gasteiger partial charge in [-0.3, -0.25) is 9.59 Å². The van der Waals surface area contributed by atoms with Crippen molar-refractivity contribution >= 4 is 33.3 Å². The summed E-state index contributed by atoms with van der Waals surface area (Å²) in [6.07, 6.45) is 2.14. The number of rotatable bonds is 3. The van der Waals surface area contributed by atoms with E-state index in [0.717, 1.165) is 17.5 Å². The van der Waals surface area contributed by atoms with E-state index in [9.17, 15) is 19.1 Å². The monoisotopic (exact) mass is 333 g/mol. The highest BCUT2D eigenvalue weighted by Crippen LogP contribution is 2.44. The van der Waals surface area contributed by atoms with Crippen LogP contribution in [0.15, 0.2) is 24.3 Å². The normalized spacial score (nSPS) is 24.3. The smallest absolute Gasteiger partial charge is 0.308 e. The Morgan fingerprint density at radius 2 is 2.00 bits per heavy atom. The highest BCUT2D eigenvalue weighted by molar-refractivity contribution is 7.20. The zero-order valence-electron chi connectivity index (χ0n) is 12.4. The Balaban J connectivity index is 1.59. The molecule has 2 aromatic rings. The number of nitrogens with zero attached hydrogens (tertiary/aromatic N) is 1. The van der Waals surface area contributed by atoms with Gasteiger partial charge >= 0.3 is 5.97 Å². The Morgan fingerprint density at radius 1 is 1.22 bits per heavy atom. The number of fused-ring (bicyclic) bond motifs is 1. The fourth-order valence-corrected chi connectivity index (χ4v) is 4.54. The molecule has 1 saturated carbocycles. The Morgan fingerprint density at radius 3 is 2.70 bits per heavy atom. The summed E-state index contributed by atoms with van der Waals surface area (Å²) in [6.45, 7) is 0.793. The van der Waals surface area contributed by atoms with Crippen molar-refractivity contribution in [1.29, 1.82) is 0 Å². The van der Waals surface area contributed by atoms with Gasteiger partial charge in [-0.05, 0) is 54.3 Å². The first kappa shape index (κ1) is 14.6. The second kappa shape index (κ2) is 5.30. The number of carbonyl (C=O) groups excluding carboxylic acids is 1. The zero-order valence-corrected chi connectivity index (χ0v) is 13.2. The van der Waals surface area contributed by atoms with Crippen LogP contribution in [-0.2, 0) is 4.79 Å². The number of carboxylic acid groups (broad SMARTS) is 1. The maximum absolute atomic E-state index is 13.3. The number of carboxylic acids is 1. The molecule has 1 amide bonds. The Bertz CT molecular complexity index is 798. The number of halogens is 1. The van der Waals surface area contributed by atoms with E-state index in [1.54, 1.807) is 17.0 Å². The van der Waals surface area contributed by atoms with Gasteiger partial charge in [0.05, 0.1) is 10.8 Å². The highest BCUT2D eigenvalue weighted by Gasteiger charge is 2.47. The van der Waals surface area contributed by atoms with E-state index in [2.05, 4.69) is 0 Å². The largest absolute Gasteiger partial charge is 0.481 e. The van der Waals surface area contributed by atoms with Gasteiger partial charge in [0, 0.05) is 17.8 Å². The zero-order chi connectivity index (χ0) is 16.1. The number of benzene rings is 1. The molecule has 4 nitrogen and oxygen atoms in total. The molecule has 1 aliphatic heterocycles. The van der Waals surface area contributed by atoms with E-state index in [0.29, 0.717) is 22.7 Å². The van der Waals surface area contributed by atoms with Crippen molar-refractivity contribution in [2.75, 3.05) is 13.1 Å². The average Bonchev–Trinajstić information content (AvgIpc) is 3.11. The molecule has 120 valence electrons. The summed E-state index contributed by atoms with van der Waals surface area (Å²) < 4.78 is 14.1. The highest BCUT2D eigenvalue weighted by atomic mass is 32.1. The van der Waals surface area contributed by atoms with E-state index in [1.807, 2.05) is 0 Å². The lowest BCUT2D eigenvalue weighted by Crippen LogP contribution is -2.29. The standard InChI is InChI=1S/C17H16FNO3S/c18-11-3-4-14-10(5-11)6-15(23-14)16(20)19-7-12(9-1-2-9)13(8-19)17(21)22/h3-6,9,12-13H,1-2,7-8H2,(H,21,22)/t12-,13+/m1/s1. The minimum atomic E-state index is -0.810. The molecule has 0 unspecified atom stereocenters. The predicted octanol–water partition coefficient (Wildman–Crippen LogP) is 3.22. The van der Waals surface area contributed by atoms with Crippen molar-refractivity contribution in [2.45, 2.75) is 12.8 Å². The molecule has 23 heavy (non-hydrogen) atoms. The van der Waals surface area contributed by atoms with Crippen LogP contribution in [0.1, 0.15) is 22.5 Å². The quantitative estimate of drug-likeness (QED) is 0.938. The van der Waals surface area contributed by atoms with Gasteiger partial charge in [0.15, 0.2) is 0 Å². The molecule has 2 fully saturated rings. The number of thiophene rings is 1. The van der Waals surface area contributed by atoms with E-state index >= 15 is 0 Å². The van der Waals surface area contributed by atoms with Gasteiger partial charge in [-0.2, -0.15) is 0 Å². The summed E-state index contributed by atoms with van der Waals surface area (Å²) in [5.74, 6) is -1.21. The molecular weight excluding hydrogens is 317 g/mol. The van der Waals surface area contributed by atoms with Crippen LogP contribution in [0.3, 0.4) is 0 Å². The van der Waals surface area contributed by atoms with Gasteiger partial charge in [0.25, 0.3) is 5.91 Å². The number of carbonyl (C=O) groups is 2. The van der Waals surface area contributed by atoms with Gasteiger partial charge in [-0.15, -0.1) is 11.3 Å². The van der Waals surface area contributed by atoms with Crippen LogP contribution >= 0.6 is 11.3 Å². The van der Waals surface area contributed by atoms with Crippen LogP contribution in [0.25, 0.3) is 10.1 Å². The van der Waals surface area contributed by atoms with Gasteiger partial charge in [0.1, 0.15) is 5.82 Å². The third-order valence-electron chi connectivity index (χ3n) is 4.89. The lowest BCUT2D eigenvalue weighted by molar-refractivity contribution is -0.142. The van der Waals surface area contributed by atoms with Gasteiger partial charge in [-0.25, -0.2) is 4.39 Å². The van der Waals surface area contributed by atoms with E-state index in [4.69, 9.17) is 0 Å². The van der Waals surface area contributed by atoms with Crippen molar-refractivity contribution < 1.29 is 19.1 Å². The SMILES string of the molecule is O=C(O)[C@H]1CN(C(=O)c2cc3cc(F)ccc3s2)C[C@@H]1C1CC1. The molecule has 0 bridgehead atoms. The molecule has 1 saturated heterocycles. The van der Waals surface area contributed by atoms with Crippen molar-refractivity contribution in [2.24, 2.45) is 17.8 Å². The van der Waals surface area contributed by atoms with Crippen LogP contribution in [0.4, 0.5) is 4.39 Å². The second-order valence-corrected chi connectivity index (χ2v) is 7.53. The first-order valence-electron chi connectivity index (χ1n) is 7.74. The summed E-state index contributed by atoms with van der Waals surface area (Å²) in [5.41, 5.74) is 0. The van der Waals surface area contributed by atoms with Crippen molar-refractivity contribution in [3.8, 4) is 0 Å². The van der Waals surface area contributed by atoms with Crippen LogP contribution in [0, 0.1) is 23.6 Å². The number of hydrogen-bond donors (Lipinski definition) is 1. The average molecular weight is 333 g/mol. The van der Waals surface area contributed by atoms with Crippen LogP contribution < -0.4 is 0 Å². The lowest BCUT2D eigenvalue weighted by atomic mass is 9.92. The number of aliphatic carboxylic acids is 1. The molecule has 0 spiro atoms. The third kappa shape index (κ3) is 2.61. The topological polar surface area (TPSA) is 57.6 Å². The van der Waals surface area contributed by atoms with Crippen molar-refractivity contribution in [1.82, 2.24) is 4.90 Å². The Hall–Kier alpha value is -1.95. The number of hydrogen-bond acceptors (Lipinski definition) is 3. The fraction of sp³-hybridized carbons (Fsp3) is 0.412. The van der Waals surface area contributed by atoms with Crippen LogP contribution in [-0.4, -0.2) is 35.0 Å². The predicted molar refractivity (Wildman–Crippen MR) is 85.0 cm³/mol. The van der Waals surface area contributed by atoms with Crippen LogP contribution in [0.2, 0.25) is 0 Å². The Labute approximate surface area is 136 Å². The molecule has 6 heteroatoms. The molecule has 2 aliphatic rings. The summed E-state index contributed by atoms with van der Waals surface area (Å²) in [4.78, 5) is 26.4. The minimum absolute atomic E-state index is 0.0725. The molecule has 0 radical (unpaired) electrons. The van der Waals surface area contributed by atoms with Crippen LogP contribution in [0.5, 0.6) is 0 Å². The van der Waals surface area contributed by atoms with E-state index in [-0.39, 0.29) is 24.2 Å². The molecule has 2 heterocycles. The first-order chi connectivity index (χ1) is 11.0. The Kier molecular flexibility index (Phi) is 3.37. The second-order valence-electron chi connectivity index (χ2n) is 6.45. The molecule has 2 atom stereocenters. The summed E-state index contributed by atoms with van der Waals surface area (Å²) in [5, 5.41) is 10.1. The van der Waals surface area contributed by atoms with E-state index in [1.165, 1.54) is 23.5 Å². The van der Waals surface area contributed by atoms with Crippen molar-refractivity contribution in [3.63, 3.8) is 0 Å². The maximum Gasteiger partial charge on any atom is 0.308 e. The molecular formula is C17H16FNO3S. The van der Waals surface area contributed by atoms with Gasteiger partial charge < -0.3 is 10.0 Å². The summed E-state index contributed by atoms with van der Waals surface area (Å²) in [6, 6.07) is 6.17. The molecule has 1 N–H and O–H groups in total. The van der Waals surface area contributed by atoms with Crippen molar-refractivity contribution in [3.05, 3.63) is 35.0 Å². The third-order valence-corrected chi connectivity index (χ3v) is 5.99. The molecule has 1 aliphatic carbocycles. The lowest BCUT2D eigenvalue weighted by Gasteiger charge is -2.14. The van der Waals surface area contributed by atoms with E-state index < -0.39 is 11.9 Å². The summed E-state index contributed by atoms with van der Waals surface area (Å²) in [7, 11) is 0. The number of likely N-dealkylation sites (tertiary alicyclic amines) is 1. The molecule has 1 aromatic heterocycles. The molecule has 1 aromatic carbocycles. The van der Waals surface area contributed by atoms with Gasteiger partial charge in [-0.1, -0.05) is 0 Å². The van der Waals surface area contributed by atoms with Gasteiger partial charge in [0.2, 0.25) is 0 Å². The summed E-state index contributed by atoms with van der Waals surface area (Å²) >= 11 is 1.33.